The number of hydrogen-bond donors (Lipinski definition) is 0. The molecule has 0 radical (unpaired) electrons. The van der Waals surface area contributed by atoms with Gasteiger partial charge in [-0.15, -0.1) is 11.3 Å². The summed E-state index contributed by atoms with van der Waals surface area (Å²) in [5, 5.41) is 0.620. The Kier molecular flexibility index (Phi) is 7.08. The van der Waals surface area contributed by atoms with Crippen molar-refractivity contribution >= 4 is 56.1 Å². The minimum absolute atomic E-state index is 0.133. The van der Waals surface area contributed by atoms with Gasteiger partial charge >= 0.3 is 12.1 Å². The van der Waals surface area contributed by atoms with Crippen LogP contribution in [0.15, 0.2) is 59.7 Å². The number of carbonyl (C=O) groups is 1. The topological polar surface area (TPSA) is 82.2 Å². The molecule has 0 aliphatic heterocycles. The predicted octanol–water partition coefficient (Wildman–Crippen LogP) is 5.68. The Bertz CT molecular complexity index is 1740. The number of aryl methyl sites for hydroxylation is 1. The third-order valence-corrected chi connectivity index (χ3v) is 7.36. The maximum Gasteiger partial charge on any atom is 0.490 e. The van der Waals surface area contributed by atoms with Gasteiger partial charge in [0.1, 0.15) is 11.0 Å². The number of anilines is 1. The second-order valence-corrected chi connectivity index (χ2v) is 10.4. The number of alkyl halides is 3. The van der Waals surface area contributed by atoms with Gasteiger partial charge in [-0.1, -0.05) is 23.7 Å². The molecule has 0 saturated carbocycles. The van der Waals surface area contributed by atoms with Crippen LogP contribution in [0.4, 0.5) is 19.1 Å². The van der Waals surface area contributed by atoms with Gasteiger partial charge in [-0.2, -0.15) is 13.2 Å². The molecule has 3 aromatic heterocycles. The van der Waals surface area contributed by atoms with Crippen LogP contribution in [0.5, 0.6) is 0 Å². The van der Waals surface area contributed by atoms with E-state index in [2.05, 4.69) is 14.7 Å². The zero-order chi connectivity index (χ0) is 27.9. The molecule has 0 aliphatic carbocycles. The number of nitrogens with zero attached hydrogens (tertiary/aromatic N) is 5. The van der Waals surface area contributed by atoms with E-state index in [4.69, 9.17) is 11.6 Å². The van der Waals surface area contributed by atoms with Crippen LogP contribution in [0.25, 0.3) is 37.4 Å². The number of benzene rings is 2. The van der Waals surface area contributed by atoms with Crippen molar-refractivity contribution in [1.29, 1.82) is 0 Å². The minimum Gasteiger partial charge on any atom is -0.459 e. The third-order valence-electron chi connectivity index (χ3n) is 5.95. The van der Waals surface area contributed by atoms with E-state index >= 15 is 0 Å². The van der Waals surface area contributed by atoms with E-state index in [0.717, 1.165) is 10.4 Å². The fraction of sp³-hybridized carbons (Fsp3) is 0.231. The van der Waals surface area contributed by atoms with Crippen LogP contribution in [0.3, 0.4) is 0 Å². The lowest BCUT2D eigenvalue weighted by atomic mass is 10.2. The Morgan fingerprint density at radius 2 is 1.85 bits per heavy atom. The molecule has 0 amide bonds. The molecular weight excluding hydrogens is 555 g/mol. The molecule has 0 unspecified atom stereocenters. The molecule has 5 aromatic rings. The Morgan fingerprint density at radius 1 is 1.10 bits per heavy atom. The fourth-order valence-electron chi connectivity index (χ4n) is 4.13. The summed E-state index contributed by atoms with van der Waals surface area (Å²) >= 11 is 7.33. The quantitative estimate of drug-likeness (QED) is 0.183. The highest BCUT2D eigenvalue weighted by Gasteiger charge is 2.40. The summed E-state index contributed by atoms with van der Waals surface area (Å²) < 4.78 is 45.4. The van der Waals surface area contributed by atoms with E-state index < -0.39 is 18.8 Å². The highest BCUT2D eigenvalue weighted by molar-refractivity contribution is 7.22. The van der Waals surface area contributed by atoms with Gasteiger partial charge in [0.2, 0.25) is 5.95 Å². The van der Waals surface area contributed by atoms with Gasteiger partial charge in [-0.05, 0) is 48.4 Å². The molecule has 0 atom stereocenters. The van der Waals surface area contributed by atoms with Crippen LogP contribution in [0.2, 0.25) is 5.02 Å². The maximum absolute atomic E-state index is 13.5. The molecule has 0 fully saturated rings. The standard InChI is InChI=1S/C26H21ClF3N5O3S/c1-33(2)25-32-18-9-8-17(12-20(18)34(25)10-3-11-38-24(37)26(28,29)30)35-14-31-19-13-21(39-22(19)23(35)36)15-4-6-16(27)7-5-15/h4-9,12-14H,3,10-11H2,1-2H3. The number of aromatic nitrogens is 4. The van der Waals surface area contributed by atoms with Gasteiger partial charge in [0.25, 0.3) is 5.56 Å². The summed E-state index contributed by atoms with van der Waals surface area (Å²) in [6, 6.07) is 14.5. The summed E-state index contributed by atoms with van der Waals surface area (Å²) in [5.41, 5.74) is 3.13. The highest BCUT2D eigenvalue weighted by atomic mass is 35.5. The van der Waals surface area contributed by atoms with Crippen molar-refractivity contribution in [3.63, 3.8) is 0 Å². The largest absolute Gasteiger partial charge is 0.490 e. The lowest BCUT2D eigenvalue weighted by Crippen LogP contribution is -2.26. The average Bonchev–Trinajstić information content (AvgIpc) is 3.49. The van der Waals surface area contributed by atoms with Crippen molar-refractivity contribution in [2.75, 3.05) is 25.6 Å². The summed E-state index contributed by atoms with van der Waals surface area (Å²) in [5.74, 6) is -1.65. The van der Waals surface area contributed by atoms with E-state index in [0.29, 0.717) is 37.9 Å². The normalized spacial score (nSPS) is 11.8. The lowest BCUT2D eigenvalue weighted by molar-refractivity contribution is -0.199. The minimum atomic E-state index is -5.04. The molecule has 2 aromatic carbocycles. The van der Waals surface area contributed by atoms with Gasteiger partial charge < -0.3 is 14.2 Å². The van der Waals surface area contributed by atoms with Gasteiger partial charge in [0.05, 0.1) is 28.8 Å². The number of rotatable bonds is 7. The Morgan fingerprint density at radius 3 is 2.54 bits per heavy atom. The van der Waals surface area contributed by atoms with Crippen LogP contribution in [-0.4, -0.2) is 51.9 Å². The van der Waals surface area contributed by atoms with Crippen LogP contribution in [0, 0.1) is 0 Å². The van der Waals surface area contributed by atoms with Crippen molar-refractivity contribution < 1.29 is 22.7 Å². The molecule has 3 heterocycles. The monoisotopic (exact) mass is 575 g/mol. The molecule has 0 aliphatic rings. The number of hydrogen-bond acceptors (Lipinski definition) is 7. The van der Waals surface area contributed by atoms with E-state index in [1.54, 1.807) is 53.9 Å². The molecule has 5 rings (SSSR count). The van der Waals surface area contributed by atoms with Gasteiger partial charge in [0, 0.05) is 30.5 Å². The van der Waals surface area contributed by atoms with E-state index in [9.17, 15) is 22.8 Å². The summed E-state index contributed by atoms with van der Waals surface area (Å²) in [6.45, 7) is -0.168. The molecule has 0 N–H and O–H groups in total. The van der Waals surface area contributed by atoms with E-state index in [1.807, 2.05) is 18.2 Å². The fourth-order valence-corrected chi connectivity index (χ4v) is 5.30. The first-order chi connectivity index (χ1) is 18.5. The average molecular weight is 576 g/mol. The third kappa shape index (κ3) is 5.34. The molecule has 0 saturated heterocycles. The summed E-state index contributed by atoms with van der Waals surface area (Å²) in [6.07, 6.45) is -3.44. The van der Waals surface area contributed by atoms with E-state index in [-0.39, 0.29) is 18.5 Å². The zero-order valence-corrected chi connectivity index (χ0v) is 22.3. The van der Waals surface area contributed by atoms with Crippen molar-refractivity contribution in [1.82, 2.24) is 19.1 Å². The van der Waals surface area contributed by atoms with Crippen molar-refractivity contribution in [2.24, 2.45) is 0 Å². The predicted molar refractivity (Wildman–Crippen MR) is 145 cm³/mol. The number of ether oxygens (including phenoxy) is 1. The second kappa shape index (κ2) is 10.3. The van der Waals surface area contributed by atoms with Crippen molar-refractivity contribution in [3.05, 3.63) is 70.2 Å². The first kappa shape index (κ1) is 26.7. The highest BCUT2D eigenvalue weighted by Crippen LogP contribution is 2.32. The number of carbonyl (C=O) groups excluding carboxylic acids is 1. The van der Waals surface area contributed by atoms with Gasteiger partial charge in [-0.25, -0.2) is 14.8 Å². The second-order valence-electron chi connectivity index (χ2n) is 8.87. The molecule has 0 bridgehead atoms. The molecule has 8 nitrogen and oxygen atoms in total. The Hall–Kier alpha value is -3.90. The van der Waals surface area contributed by atoms with Crippen LogP contribution in [-0.2, 0) is 16.1 Å². The SMILES string of the molecule is CN(C)c1nc2ccc(-n3cnc4cc(-c5ccc(Cl)cc5)sc4c3=O)cc2n1CCCOC(=O)C(F)(F)F. The number of imidazole rings is 1. The maximum atomic E-state index is 13.5. The van der Waals surface area contributed by atoms with Crippen LogP contribution < -0.4 is 10.5 Å². The molecule has 202 valence electrons. The Balaban J connectivity index is 1.48. The first-order valence-electron chi connectivity index (χ1n) is 11.7. The molecule has 0 spiro atoms. The van der Waals surface area contributed by atoms with Crippen molar-refractivity contribution in [2.45, 2.75) is 19.1 Å². The van der Waals surface area contributed by atoms with E-state index in [1.165, 1.54) is 22.2 Å². The lowest BCUT2D eigenvalue weighted by Gasteiger charge is -2.15. The summed E-state index contributed by atoms with van der Waals surface area (Å²) in [7, 11) is 3.58. The zero-order valence-electron chi connectivity index (χ0n) is 20.7. The smallest absolute Gasteiger partial charge is 0.459 e. The van der Waals surface area contributed by atoms with Gasteiger partial charge in [0.15, 0.2) is 0 Å². The Labute approximate surface area is 228 Å². The van der Waals surface area contributed by atoms with Crippen LogP contribution >= 0.6 is 22.9 Å². The van der Waals surface area contributed by atoms with Crippen molar-refractivity contribution in [3.8, 4) is 16.1 Å². The number of thiophene rings is 1. The van der Waals surface area contributed by atoms with Crippen LogP contribution in [0.1, 0.15) is 6.42 Å². The number of halogens is 4. The number of fused-ring (bicyclic) bond motifs is 2. The molecule has 39 heavy (non-hydrogen) atoms. The first-order valence-corrected chi connectivity index (χ1v) is 12.9. The van der Waals surface area contributed by atoms with Gasteiger partial charge in [-0.3, -0.25) is 9.36 Å². The molecular formula is C26H21ClF3N5O3S. The number of esters is 1. The summed E-state index contributed by atoms with van der Waals surface area (Å²) in [4.78, 5) is 36.2. The molecule has 13 heteroatoms.